The average molecular weight is 395 g/mol. The van der Waals surface area contributed by atoms with Gasteiger partial charge < -0.3 is 0 Å². The maximum absolute atomic E-state index is 4.79. The zero-order valence-corrected chi connectivity index (χ0v) is 16.8. The van der Waals surface area contributed by atoms with E-state index in [9.17, 15) is 0 Å². The number of imidazole rings is 1. The zero-order chi connectivity index (χ0) is 20.1. The lowest BCUT2D eigenvalue weighted by Crippen LogP contribution is -1.94. The van der Waals surface area contributed by atoms with E-state index in [4.69, 9.17) is 9.97 Å². The highest BCUT2D eigenvalue weighted by molar-refractivity contribution is 6.17. The van der Waals surface area contributed by atoms with Crippen LogP contribution in [0, 0.1) is 0 Å². The quantitative estimate of drug-likeness (QED) is 0.287. The molecule has 0 saturated heterocycles. The molecule has 3 aromatic carbocycles. The summed E-state index contributed by atoms with van der Waals surface area (Å²) in [7, 11) is 0. The third kappa shape index (κ3) is 1.89. The molecule has 31 heavy (non-hydrogen) atoms. The molecule has 0 unspecified atom stereocenters. The van der Waals surface area contributed by atoms with Crippen molar-refractivity contribution in [3.05, 3.63) is 102 Å². The van der Waals surface area contributed by atoms with Gasteiger partial charge in [-0.2, -0.15) is 0 Å². The maximum atomic E-state index is 4.79. The second-order valence-electron chi connectivity index (χ2n) is 8.69. The van der Waals surface area contributed by atoms with Crippen molar-refractivity contribution in [2.24, 2.45) is 0 Å². The minimum absolute atomic E-state index is 0.975. The standard InChI is InChI=1S/C28H17N3/c1-2-5-20-16(4-1)12-18-15-23-19(14-22(18)20)13-17-7-8-21-26(25(17)23)28-30-10-11-31(28)24-6-3-9-29-27(21)24/h1-11,14-15H,12-13H2. The Bertz CT molecular complexity index is 1740. The van der Waals surface area contributed by atoms with Gasteiger partial charge in [-0.05, 0) is 81.6 Å². The van der Waals surface area contributed by atoms with Crippen molar-refractivity contribution in [1.82, 2.24) is 14.4 Å². The topological polar surface area (TPSA) is 30.2 Å². The molecule has 0 aliphatic heterocycles. The van der Waals surface area contributed by atoms with E-state index in [1.165, 1.54) is 55.3 Å². The van der Waals surface area contributed by atoms with Gasteiger partial charge >= 0.3 is 0 Å². The van der Waals surface area contributed by atoms with Gasteiger partial charge in [0, 0.05) is 29.4 Å². The summed E-state index contributed by atoms with van der Waals surface area (Å²) in [5.74, 6) is 0. The molecule has 2 aliphatic carbocycles. The fraction of sp³-hybridized carbons (Fsp3) is 0.0714. The monoisotopic (exact) mass is 395 g/mol. The van der Waals surface area contributed by atoms with Crippen molar-refractivity contribution in [3.63, 3.8) is 0 Å². The first-order valence-corrected chi connectivity index (χ1v) is 10.8. The Morgan fingerprint density at radius 2 is 1.55 bits per heavy atom. The van der Waals surface area contributed by atoms with Crippen LogP contribution in [-0.2, 0) is 12.8 Å². The molecule has 0 radical (unpaired) electrons. The Kier molecular flexibility index (Phi) is 2.74. The molecule has 0 atom stereocenters. The highest BCUT2D eigenvalue weighted by atomic mass is 15.0. The van der Waals surface area contributed by atoms with Crippen LogP contribution in [0.15, 0.2) is 79.3 Å². The minimum Gasteiger partial charge on any atom is -0.298 e. The first-order valence-electron chi connectivity index (χ1n) is 10.8. The lowest BCUT2D eigenvalue weighted by atomic mass is 9.95. The van der Waals surface area contributed by atoms with E-state index >= 15 is 0 Å². The fourth-order valence-electron chi connectivity index (χ4n) is 5.82. The van der Waals surface area contributed by atoms with Crippen molar-refractivity contribution in [2.75, 3.05) is 0 Å². The van der Waals surface area contributed by atoms with Crippen molar-refractivity contribution in [1.29, 1.82) is 0 Å². The van der Waals surface area contributed by atoms with Crippen molar-refractivity contribution < 1.29 is 0 Å². The molecule has 0 amide bonds. The SMILES string of the molecule is c1ccc2c(c1)Cc1cc3c(cc1-2)Cc1ccc2c4ncccc4n4ccnc4c2c1-3. The van der Waals surface area contributed by atoms with Gasteiger partial charge in [-0.15, -0.1) is 0 Å². The highest BCUT2D eigenvalue weighted by Gasteiger charge is 2.28. The van der Waals surface area contributed by atoms with Crippen LogP contribution in [-0.4, -0.2) is 14.4 Å². The number of hydrogen-bond acceptors (Lipinski definition) is 2. The van der Waals surface area contributed by atoms with E-state index in [0.717, 1.165) is 29.5 Å². The van der Waals surface area contributed by atoms with Gasteiger partial charge in [0.2, 0.25) is 0 Å². The van der Waals surface area contributed by atoms with Crippen LogP contribution >= 0.6 is 0 Å². The molecule has 0 fully saturated rings. The summed E-state index contributed by atoms with van der Waals surface area (Å²) in [6.07, 6.45) is 7.82. The molecule has 0 N–H and O–H groups in total. The van der Waals surface area contributed by atoms with Gasteiger partial charge in [0.25, 0.3) is 0 Å². The van der Waals surface area contributed by atoms with Crippen molar-refractivity contribution in [2.45, 2.75) is 12.8 Å². The molecule has 2 aliphatic rings. The van der Waals surface area contributed by atoms with Crippen LogP contribution in [0.4, 0.5) is 0 Å². The summed E-state index contributed by atoms with van der Waals surface area (Å²) >= 11 is 0. The molecule has 3 heteroatoms. The third-order valence-corrected chi connectivity index (χ3v) is 7.12. The number of aromatic nitrogens is 3. The minimum atomic E-state index is 0.975. The molecule has 8 rings (SSSR count). The average Bonchev–Trinajstić information content (AvgIpc) is 3.52. The molecule has 3 aromatic heterocycles. The van der Waals surface area contributed by atoms with E-state index in [1.54, 1.807) is 0 Å². The summed E-state index contributed by atoms with van der Waals surface area (Å²) in [4.78, 5) is 9.54. The number of rotatable bonds is 0. The maximum Gasteiger partial charge on any atom is 0.145 e. The molecule has 0 spiro atoms. The molecule has 3 heterocycles. The predicted octanol–water partition coefficient (Wildman–Crippen LogP) is 6.18. The van der Waals surface area contributed by atoms with Crippen LogP contribution in [0.25, 0.3) is 49.7 Å². The van der Waals surface area contributed by atoms with Crippen LogP contribution in [0.3, 0.4) is 0 Å². The van der Waals surface area contributed by atoms with Gasteiger partial charge in [0.15, 0.2) is 0 Å². The number of pyridine rings is 2. The predicted molar refractivity (Wildman–Crippen MR) is 124 cm³/mol. The van der Waals surface area contributed by atoms with Gasteiger partial charge in [0.05, 0.1) is 11.0 Å². The second kappa shape index (κ2) is 5.38. The Morgan fingerprint density at radius 3 is 2.55 bits per heavy atom. The Morgan fingerprint density at radius 1 is 0.677 bits per heavy atom. The summed E-state index contributed by atoms with van der Waals surface area (Å²) in [6.45, 7) is 0. The molecule has 6 aromatic rings. The lowest BCUT2D eigenvalue weighted by molar-refractivity contribution is 1.24. The van der Waals surface area contributed by atoms with Crippen LogP contribution in [0.2, 0.25) is 0 Å². The van der Waals surface area contributed by atoms with Gasteiger partial charge in [-0.1, -0.05) is 36.4 Å². The zero-order valence-electron chi connectivity index (χ0n) is 16.8. The lowest BCUT2D eigenvalue weighted by Gasteiger charge is -2.12. The molecule has 0 saturated carbocycles. The molecule has 3 nitrogen and oxygen atoms in total. The number of benzene rings is 3. The fourth-order valence-corrected chi connectivity index (χ4v) is 5.82. The third-order valence-electron chi connectivity index (χ3n) is 7.12. The largest absolute Gasteiger partial charge is 0.298 e. The summed E-state index contributed by atoms with van der Waals surface area (Å²) < 4.78 is 2.19. The summed E-state index contributed by atoms with van der Waals surface area (Å²) in [5, 5.41) is 2.41. The molecular formula is C28H17N3. The smallest absolute Gasteiger partial charge is 0.145 e. The number of fused-ring (bicyclic) bond motifs is 13. The van der Waals surface area contributed by atoms with E-state index in [0.29, 0.717) is 0 Å². The van der Waals surface area contributed by atoms with Crippen LogP contribution in [0.5, 0.6) is 0 Å². The van der Waals surface area contributed by atoms with E-state index in [-0.39, 0.29) is 0 Å². The van der Waals surface area contributed by atoms with Crippen LogP contribution in [0.1, 0.15) is 22.3 Å². The summed E-state index contributed by atoms with van der Waals surface area (Å²) in [6, 6.07) is 22.4. The van der Waals surface area contributed by atoms with E-state index < -0.39 is 0 Å². The van der Waals surface area contributed by atoms with Gasteiger partial charge in [-0.3, -0.25) is 9.38 Å². The molecular weight excluding hydrogens is 378 g/mol. The Balaban J connectivity index is 1.50. The van der Waals surface area contributed by atoms with Gasteiger partial charge in [-0.25, -0.2) is 4.98 Å². The molecule has 0 bridgehead atoms. The number of hydrogen-bond donors (Lipinski definition) is 0. The number of nitrogens with zero attached hydrogens (tertiary/aromatic N) is 3. The van der Waals surface area contributed by atoms with Gasteiger partial charge in [0.1, 0.15) is 5.65 Å². The van der Waals surface area contributed by atoms with Crippen LogP contribution < -0.4 is 0 Å². The first-order chi connectivity index (χ1) is 15.4. The second-order valence-corrected chi connectivity index (χ2v) is 8.69. The summed E-state index contributed by atoms with van der Waals surface area (Å²) in [5.41, 5.74) is 14.3. The first kappa shape index (κ1) is 15.8. The Labute approximate surface area is 178 Å². The molecule has 144 valence electrons. The van der Waals surface area contributed by atoms with Crippen molar-refractivity contribution in [3.8, 4) is 22.3 Å². The van der Waals surface area contributed by atoms with E-state index in [2.05, 4.69) is 59.0 Å². The highest BCUT2D eigenvalue weighted by Crippen LogP contribution is 2.48. The van der Waals surface area contributed by atoms with Crippen molar-refractivity contribution >= 4 is 27.5 Å². The normalized spacial score (nSPS) is 13.5. The van der Waals surface area contributed by atoms with E-state index in [1.807, 2.05) is 24.7 Å². The Hall–Kier alpha value is -3.98.